The van der Waals surface area contributed by atoms with Gasteiger partial charge in [-0.25, -0.2) is 8.78 Å². The lowest BCUT2D eigenvalue weighted by atomic mass is 9.94. The van der Waals surface area contributed by atoms with Crippen LogP contribution in [0.25, 0.3) is 10.8 Å². The molecular weight excluding hydrogens is 257 g/mol. The molecule has 0 unspecified atom stereocenters. The highest BCUT2D eigenvalue weighted by atomic mass is 19.2. The Morgan fingerprint density at radius 1 is 1.05 bits per heavy atom. The highest BCUT2D eigenvalue weighted by molar-refractivity contribution is 5.93. The van der Waals surface area contributed by atoms with Crippen molar-refractivity contribution in [3.8, 4) is 11.5 Å². The zero-order chi connectivity index (χ0) is 14.3. The Labute approximate surface area is 108 Å². The molecule has 0 aliphatic carbocycles. The third-order valence-electron chi connectivity index (χ3n) is 3.03. The van der Waals surface area contributed by atoms with Crippen LogP contribution in [0.2, 0.25) is 0 Å². The van der Waals surface area contributed by atoms with Crippen molar-refractivity contribution in [3.05, 3.63) is 35.1 Å². The molecule has 2 aromatic rings. The van der Waals surface area contributed by atoms with Crippen LogP contribution in [0.1, 0.15) is 25.3 Å². The molecule has 0 bridgehead atoms. The first kappa shape index (κ1) is 13.5. The first-order chi connectivity index (χ1) is 8.88. The molecule has 0 aromatic heterocycles. The van der Waals surface area contributed by atoms with Crippen LogP contribution < -0.4 is 4.74 Å². The van der Waals surface area contributed by atoms with Crippen molar-refractivity contribution in [3.63, 3.8) is 0 Å². The Morgan fingerprint density at radius 2 is 1.68 bits per heavy atom. The lowest BCUT2D eigenvalue weighted by Crippen LogP contribution is -2.01. The molecule has 2 rings (SSSR count). The summed E-state index contributed by atoms with van der Waals surface area (Å²) in [5.41, 5.74) is 0.490. The Bertz CT molecular complexity index is 651. The molecule has 0 heterocycles. The Morgan fingerprint density at radius 3 is 2.21 bits per heavy atom. The van der Waals surface area contributed by atoms with Crippen LogP contribution in [0.4, 0.5) is 13.2 Å². The van der Waals surface area contributed by atoms with Gasteiger partial charge in [-0.3, -0.25) is 0 Å². The summed E-state index contributed by atoms with van der Waals surface area (Å²) in [4.78, 5) is 0. The van der Waals surface area contributed by atoms with Crippen LogP contribution in [0.5, 0.6) is 11.5 Å². The van der Waals surface area contributed by atoms with E-state index in [1.165, 1.54) is 13.2 Å². The van der Waals surface area contributed by atoms with Crippen molar-refractivity contribution in [2.24, 2.45) is 0 Å². The summed E-state index contributed by atoms with van der Waals surface area (Å²) < 4.78 is 45.9. The summed E-state index contributed by atoms with van der Waals surface area (Å²) in [6, 6.07) is 2.45. The fraction of sp³-hybridized carbons (Fsp3) is 0.286. The zero-order valence-corrected chi connectivity index (χ0v) is 10.7. The Kier molecular flexibility index (Phi) is 3.30. The molecule has 0 saturated heterocycles. The van der Waals surface area contributed by atoms with E-state index in [0.717, 1.165) is 6.07 Å². The minimum Gasteiger partial charge on any atom is -0.508 e. The fourth-order valence-corrected chi connectivity index (χ4v) is 2.15. The minimum atomic E-state index is -1.61. The molecule has 0 radical (unpaired) electrons. The van der Waals surface area contributed by atoms with Gasteiger partial charge < -0.3 is 9.84 Å². The average Bonchev–Trinajstić information content (AvgIpc) is 2.36. The van der Waals surface area contributed by atoms with Crippen LogP contribution in [0.15, 0.2) is 12.1 Å². The number of ether oxygens (including phenoxy) is 1. The minimum absolute atomic E-state index is 0.118. The predicted octanol–water partition coefficient (Wildman–Crippen LogP) is 4.09. The molecule has 5 heteroatoms. The van der Waals surface area contributed by atoms with E-state index in [-0.39, 0.29) is 28.2 Å². The van der Waals surface area contributed by atoms with Gasteiger partial charge in [-0.05, 0) is 23.6 Å². The number of rotatable bonds is 2. The zero-order valence-electron chi connectivity index (χ0n) is 10.7. The van der Waals surface area contributed by atoms with Gasteiger partial charge in [0, 0.05) is 10.8 Å². The molecule has 0 saturated carbocycles. The van der Waals surface area contributed by atoms with E-state index in [2.05, 4.69) is 0 Å². The lowest BCUT2D eigenvalue weighted by molar-refractivity contribution is 0.367. The van der Waals surface area contributed by atoms with Gasteiger partial charge in [0.25, 0.3) is 0 Å². The van der Waals surface area contributed by atoms with Crippen molar-refractivity contribution in [2.45, 2.75) is 19.8 Å². The van der Waals surface area contributed by atoms with Gasteiger partial charge in [-0.1, -0.05) is 13.8 Å². The molecule has 0 spiro atoms. The SMILES string of the molecule is COc1c(F)c(F)c(F)c2cc(O)cc(C(C)C)c12. The normalized spacial score (nSPS) is 11.3. The number of halogens is 3. The molecule has 0 aliphatic heterocycles. The first-order valence-electron chi connectivity index (χ1n) is 5.75. The summed E-state index contributed by atoms with van der Waals surface area (Å²) in [7, 11) is 1.19. The molecule has 102 valence electrons. The molecule has 19 heavy (non-hydrogen) atoms. The van der Waals surface area contributed by atoms with Gasteiger partial charge in [0.1, 0.15) is 5.75 Å². The van der Waals surface area contributed by atoms with Crippen molar-refractivity contribution < 1.29 is 23.0 Å². The quantitative estimate of drug-likeness (QED) is 0.833. The molecule has 0 fully saturated rings. The number of hydrogen-bond acceptors (Lipinski definition) is 2. The topological polar surface area (TPSA) is 29.5 Å². The van der Waals surface area contributed by atoms with Gasteiger partial charge in [0.15, 0.2) is 17.4 Å². The van der Waals surface area contributed by atoms with E-state index in [4.69, 9.17) is 4.74 Å². The van der Waals surface area contributed by atoms with Gasteiger partial charge in [0.2, 0.25) is 5.82 Å². The monoisotopic (exact) mass is 270 g/mol. The molecular formula is C14H13F3O2. The van der Waals surface area contributed by atoms with Gasteiger partial charge in [-0.15, -0.1) is 0 Å². The third-order valence-corrected chi connectivity index (χ3v) is 3.03. The van der Waals surface area contributed by atoms with Crippen LogP contribution in [0.3, 0.4) is 0 Å². The molecule has 2 aromatic carbocycles. The van der Waals surface area contributed by atoms with E-state index in [0.29, 0.717) is 5.56 Å². The maximum Gasteiger partial charge on any atom is 0.204 e. The van der Waals surface area contributed by atoms with E-state index >= 15 is 0 Å². The average molecular weight is 270 g/mol. The van der Waals surface area contributed by atoms with Gasteiger partial charge in [0.05, 0.1) is 7.11 Å². The number of phenols is 1. The lowest BCUT2D eigenvalue weighted by Gasteiger charge is -2.16. The van der Waals surface area contributed by atoms with Crippen LogP contribution in [-0.4, -0.2) is 12.2 Å². The second-order valence-electron chi connectivity index (χ2n) is 4.59. The number of fused-ring (bicyclic) bond motifs is 1. The number of phenolic OH excluding ortho intramolecular Hbond substituents is 1. The van der Waals surface area contributed by atoms with E-state index in [1.807, 2.05) is 0 Å². The van der Waals surface area contributed by atoms with Crippen LogP contribution in [-0.2, 0) is 0 Å². The number of benzene rings is 2. The Hall–Kier alpha value is -1.91. The second-order valence-corrected chi connectivity index (χ2v) is 4.59. The molecule has 0 atom stereocenters. The van der Waals surface area contributed by atoms with Crippen molar-refractivity contribution in [1.82, 2.24) is 0 Å². The van der Waals surface area contributed by atoms with E-state index < -0.39 is 17.5 Å². The molecule has 0 amide bonds. The molecule has 2 nitrogen and oxygen atoms in total. The highest BCUT2D eigenvalue weighted by Gasteiger charge is 2.24. The van der Waals surface area contributed by atoms with Gasteiger partial charge >= 0.3 is 0 Å². The predicted molar refractivity (Wildman–Crippen MR) is 66.1 cm³/mol. The van der Waals surface area contributed by atoms with E-state index in [1.54, 1.807) is 13.8 Å². The van der Waals surface area contributed by atoms with Gasteiger partial charge in [-0.2, -0.15) is 4.39 Å². The maximum atomic E-state index is 13.8. The largest absolute Gasteiger partial charge is 0.508 e. The fourth-order valence-electron chi connectivity index (χ4n) is 2.15. The standard InChI is InChI=1S/C14H13F3O2/c1-6(2)8-4-7(18)5-9-10(8)14(19-3)13(17)12(16)11(9)15/h4-6,18H,1-3H3. The summed E-state index contributed by atoms with van der Waals surface area (Å²) in [6.45, 7) is 3.60. The van der Waals surface area contributed by atoms with Crippen molar-refractivity contribution >= 4 is 10.8 Å². The number of aromatic hydroxyl groups is 1. The summed E-state index contributed by atoms with van der Waals surface area (Å²) in [5, 5.41) is 9.53. The highest BCUT2D eigenvalue weighted by Crippen LogP contribution is 2.40. The molecule has 0 aliphatic rings. The third kappa shape index (κ3) is 1.99. The second kappa shape index (κ2) is 4.64. The van der Waals surface area contributed by atoms with E-state index in [9.17, 15) is 18.3 Å². The van der Waals surface area contributed by atoms with Crippen molar-refractivity contribution in [1.29, 1.82) is 0 Å². The molecule has 1 N–H and O–H groups in total. The number of hydrogen-bond donors (Lipinski definition) is 1. The summed E-state index contributed by atoms with van der Waals surface area (Å²) in [6.07, 6.45) is 0. The maximum absolute atomic E-state index is 13.8. The van der Waals surface area contributed by atoms with Crippen LogP contribution >= 0.6 is 0 Å². The Balaban J connectivity index is 3.06. The number of methoxy groups -OCH3 is 1. The summed E-state index contributed by atoms with van der Waals surface area (Å²) >= 11 is 0. The van der Waals surface area contributed by atoms with Crippen LogP contribution in [0, 0.1) is 17.5 Å². The van der Waals surface area contributed by atoms with Crippen molar-refractivity contribution in [2.75, 3.05) is 7.11 Å². The first-order valence-corrected chi connectivity index (χ1v) is 5.75. The summed E-state index contributed by atoms with van der Waals surface area (Å²) in [5.74, 6) is -4.97. The smallest absolute Gasteiger partial charge is 0.204 e.